The highest BCUT2D eigenvalue weighted by atomic mass is 32.1. The van der Waals surface area contributed by atoms with Crippen molar-refractivity contribution in [3.05, 3.63) is 62.9 Å². The Morgan fingerprint density at radius 3 is 2.70 bits per heavy atom. The van der Waals surface area contributed by atoms with Crippen molar-refractivity contribution in [2.45, 2.75) is 13.0 Å². The number of methoxy groups -OCH3 is 1. The molecule has 2 aromatic carbocycles. The molecule has 0 fully saturated rings. The number of non-ortho nitro benzene ring substituents is 1. The molecule has 3 aromatic rings. The molecule has 0 radical (unpaired) electrons. The summed E-state index contributed by atoms with van der Waals surface area (Å²) in [6.07, 6.45) is 5.50. The minimum absolute atomic E-state index is 0.0200. The van der Waals surface area contributed by atoms with Gasteiger partial charge in [-0.2, -0.15) is 4.99 Å². The molecule has 27 heavy (non-hydrogen) atoms. The predicted molar refractivity (Wildman–Crippen MR) is 103 cm³/mol. The zero-order valence-corrected chi connectivity index (χ0v) is 15.2. The van der Waals surface area contributed by atoms with Crippen LogP contribution in [0.15, 0.2) is 47.5 Å². The molecule has 1 amide bonds. The number of terminal acetylenes is 1. The number of carbonyl (C=O) groups excluding carboxylic acids is 1. The van der Waals surface area contributed by atoms with Gasteiger partial charge in [0.25, 0.3) is 11.6 Å². The standard InChI is InChI=1S/C19H15N3O4S/c1-3-10-21-16-9-8-15(26-2)12-17(16)27-19(21)20-18(23)11-13-4-6-14(7-5-13)22(24)25/h1,4-9,12H,10-11H2,2H3. The summed E-state index contributed by atoms with van der Waals surface area (Å²) in [6.45, 7) is 0.288. The zero-order chi connectivity index (χ0) is 19.4. The van der Waals surface area contributed by atoms with E-state index in [-0.39, 0.29) is 24.6 Å². The number of benzene rings is 2. The first-order valence-corrected chi connectivity index (χ1v) is 8.75. The second-order valence-corrected chi connectivity index (χ2v) is 6.62. The maximum Gasteiger partial charge on any atom is 0.269 e. The minimum Gasteiger partial charge on any atom is -0.497 e. The van der Waals surface area contributed by atoms with E-state index in [4.69, 9.17) is 11.2 Å². The second-order valence-electron chi connectivity index (χ2n) is 5.61. The van der Waals surface area contributed by atoms with Crippen LogP contribution in [0.2, 0.25) is 0 Å². The molecule has 0 N–H and O–H groups in total. The summed E-state index contributed by atoms with van der Waals surface area (Å²) in [5, 5.41) is 10.7. The molecule has 1 aromatic heterocycles. The summed E-state index contributed by atoms with van der Waals surface area (Å²) in [7, 11) is 1.59. The van der Waals surface area contributed by atoms with Gasteiger partial charge in [-0.05, 0) is 23.8 Å². The van der Waals surface area contributed by atoms with Gasteiger partial charge in [0.1, 0.15) is 5.75 Å². The van der Waals surface area contributed by atoms with E-state index < -0.39 is 4.92 Å². The summed E-state index contributed by atoms with van der Waals surface area (Å²) in [4.78, 5) is 27.3. The molecule has 0 aliphatic carbocycles. The Kier molecular flexibility index (Phi) is 5.33. The van der Waals surface area contributed by atoms with Crippen LogP contribution in [0.4, 0.5) is 5.69 Å². The Hall–Kier alpha value is -3.44. The Bertz CT molecular complexity index is 1120. The lowest BCUT2D eigenvalue weighted by Crippen LogP contribution is -2.17. The lowest BCUT2D eigenvalue weighted by atomic mass is 10.1. The van der Waals surface area contributed by atoms with Crippen molar-refractivity contribution in [2.24, 2.45) is 4.99 Å². The molecule has 0 bridgehead atoms. The Labute approximate surface area is 158 Å². The number of nitro groups is 1. The molecule has 136 valence electrons. The Morgan fingerprint density at radius 2 is 2.07 bits per heavy atom. The number of amides is 1. The van der Waals surface area contributed by atoms with Gasteiger partial charge in [0.2, 0.25) is 0 Å². The fourth-order valence-corrected chi connectivity index (χ4v) is 3.64. The van der Waals surface area contributed by atoms with E-state index in [1.807, 2.05) is 18.2 Å². The van der Waals surface area contributed by atoms with Crippen molar-refractivity contribution >= 4 is 33.1 Å². The first-order valence-electron chi connectivity index (χ1n) is 7.93. The average Bonchev–Trinajstić information content (AvgIpc) is 2.98. The van der Waals surface area contributed by atoms with Gasteiger partial charge in [0.05, 0.1) is 35.2 Å². The van der Waals surface area contributed by atoms with Crippen molar-refractivity contribution in [2.75, 3.05) is 7.11 Å². The summed E-state index contributed by atoms with van der Waals surface area (Å²) in [6, 6.07) is 11.4. The van der Waals surface area contributed by atoms with Crippen LogP contribution in [-0.4, -0.2) is 22.5 Å². The predicted octanol–water partition coefficient (Wildman–Crippen LogP) is 2.92. The van der Waals surface area contributed by atoms with Crippen LogP contribution in [0, 0.1) is 22.5 Å². The smallest absolute Gasteiger partial charge is 0.269 e. The molecule has 8 heteroatoms. The number of fused-ring (bicyclic) bond motifs is 1. The number of rotatable bonds is 5. The van der Waals surface area contributed by atoms with Crippen LogP contribution in [0.3, 0.4) is 0 Å². The quantitative estimate of drug-likeness (QED) is 0.386. The monoisotopic (exact) mass is 381 g/mol. The molecular formula is C19H15N3O4S. The lowest BCUT2D eigenvalue weighted by Gasteiger charge is -2.01. The van der Waals surface area contributed by atoms with E-state index in [0.717, 1.165) is 10.2 Å². The van der Waals surface area contributed by atoms with Gasteiger partial charge in [-0.3, -0.25) is 14.9 Å². The summed E-state index contributed by atoms with van der Waals surface area (Å²) < 4.78 is 7.94. The molecule has 0 aliphatic rings. The molecule has 1 heterocycles. The highest BCUT2D eigenvalue weighted by Gasteiger charge is 2.10. The van der Waals surface area contributed by atoms with Gasteiger partial charge in [0, 0.05) is 12.1 Å². The molecule has 0 unspecified atom stereocenters. The topological polar surface area (TPSA) is 86.7 Å². The number of ether oxygens (including phenoxy) is 1. The number of hydrogen-bond acceptors (Lipinski definition) is 5. The maximum absolute atomic E-state index is 12.4. The third-order valence-corrected chi connectivity index (χ3v) is 4.90. The molecule has 0 saturated heterocycles. The van der Waals surface area contributed by atoms with Crippen molar-refractivity contribution < 1.29 is 14.5 Å². The summed E-state index contributed by atoms with van der Waals surface area (Å²) >= 11 is 1.35. The van der Waals surface area contributed by atoms with Gasteiger partial charge >= 0.3 is 0 Å². The summed E-state index contributed by atoms with van der Waals surface area (Å²) in [5.41, 5.74) is 1.51. The molecule has 3 rings (SSSR count). The normalized spacial score (nSPS) is 11.3. The van der Waals surface area contributed by atoms with Gasteiger partial charge in [-0.1, -0.05) is 29.4 Å². The fraction of sp³-hybridized carbons (Fsp3) is 0.158. The fourth-order valence-electron chi connectivity index (χ4n) is 2.57. The van der Waals surface area contributed by atoms with Crippen LogP contribution in [0.1, 0.15) is 5.56 Å². The number of nitro benzene ring substituents is 1. The summed E-state index contributed by atoms with van der Waals surface area (Å²) in [5.74, 6) is 2.93. The van der Waals surface area contributed by atoms with E-state index in [2.05, 4.69) is 10.9 Å². The highest BCUT2D eigenvalue weighted by Crippen LogP contribution is 2.23. The molecular weight excluding hydrogens is 366 g/mol. The van der Waals surface area contributed by atoms with Crippen LogP contribution in [-0.2, 0) is 17.8 Å². The number of hydrogen-bond donors (Lipinski definition) is 0. The van der Waals surface area contributed by atoms with E-state index in [0.29, 0.717) is 16.1 Å². The van der Waals surface area contributed by atoms with Gasteiger partial charge < -0.3 is 9.30 Å². The van der Waals surface area contributed by atoms with E-state index >= 15 is 0 Å². The van der Waals surface area contributed by atoms with E-state index in [9.17, 15) is 14.9 Å². The largest absolute Gasteiger partial charge is 0.497 e. The van der Waals surface area contributed by atoms with Gasteiger partial charge in [0.15, 0.2) is 4.80 Å². The van der Waals surface area contributed by atoms with Gasteiger partial charge in [-0.15, -0.1) is 6.42 Å². The van der Waals surface area contributed by atoms with Crippen LogP contribution in [0.25, 0.3) is 10.2 Å². The molecule has 0 atom stereocenters. The third kappa shape index (κ3) is 4.04. The van der Waals surface area contributed by atoms with Crippen LogP contribution >= 0.6 is 11.3 Å². The molecule has 7 nitrogen and oxygen atoms in total. The van der Waals surface area contributed by atoms with E-state index in [1.165, 1.54) is 23.5 Å². The number of aromatic nitrogens is 1. The van der Waals surface area contributed by atoms with Crippen LogP contribution in [0.5, 0.6) is 5.75 Å². The first kappa shape index (κ1) is 18.4. The molecule has 0 aliphatic heterocycles. The maximum atomic E-state index is 12.4. The van der Waals surface area contributed by atoms with Crippen molar-refractivity contribution in [1.29, 1.82) is 0 Å². The van der Waals surface area contributed by atoms with E-state index in [1.54, 1.807) is 23.8 Å². The van der Waals surface area contributed by atoms with Crippen LogP contribution < -0.4 is 9.54 Å². The SMILES string of the molecule is C#CCn1c(=NC(=O)Cc2ccc([N+](=O)[O-])cc2)sc2cc(OC)ccc21. The van der Waals surface area contributed by atoms with Crippen molar-refractivity contribution in [3.63, 3.8) is 0 Å². The Balaban J connectivity index is 1.93. The minimum atomic E-state index is -0.482. The van der Waals surface area contributed by atoms with Crippen molar-refractivity contribution in [3.8, 4) is 18.1 Å². The zero-order valence-electron chi connectivity index (χ0n) is 14.4. The number of thiazole rings is 1. The average molecular weight is 381 g/mol. The molecule has 0 spiro atoms. The molecule has 0 saturated carbocycles. The third-order valence-electron chi connectivity index (χ3n) is 3.86. The van der Waals surface area contributed by atoms with Gasteiger partial charge in [-0.25, -0.2) is 0 Å². The lowest BCUT2D eigenvalue weighted by molar-refractivity contribution is -0.384. The second kappa shape index (κ2) is 7.85. The number of carbonyl (C=O) groups is 1. The highest BCUT2D eigenvalue weighted by molar-refractivity contribution is 7.16. The first-order chi connectivity index (χ1) is 13.0. The Morgan fingerprint density at radius 1 is 1.33 bits per heavy atom. The number of nitrogens with zero attached hydrogens (tertiary/aromatic N) is 3. The van der Waals surface area contributed by atoms with Crippen molar-refractivity contribution in [1.82, 2.24) is 4.57 Å².